The number of fused-ring (bicyclic) bond motifs is 1. The number of ether oxygens (including phenoxy) is 4. The van der Waals surface area contributed by atoms with Crippen LogP contribution in [0.1, 0.15) is 13.3 Å². The molecule has 38 heavy (non-hydrogen) atoms. The van der Waals surface area contributed by atoms with Crippen molar-refractivity contribution in [2.75, 3.05) is 39.7 Å². The van der Waals surface area contributed by atoms with Gasteiger partial charge in [-0.2, -0.15) is 0 Å². The lowest BCUT2D eigenvalue weighted by Crippen LogP contribution is -2.24. The van der Waals surface area contributed by atoms with Crippen molar-refractivity contribution in [2.45, 2.75) is 13.3 Å². The normalized spacial score (nSPS) is 11.6. The highest BCUT2D eigenvalue weighted by Crippen LogP contribution is 2.36. The zero-order valence-electron chi connectivity index (χ0n) is 21.6. The second-order valence-corrected chi connectivity index (χ2v) is 7.64. The van der Waals surface area contributed by atoms with Crippen LogP contribution in [0.25, 0.3) is 10.9 Å². The number of aromatic nitrogens is 2. The molecule has 2 heterocycles. The Hall–Kier alpha value is -4.87. The molecule has 12 heteroatoms. The van der Waals surface area contributed by atoms with Gasteiger partial charge in [-0.05, 0) is 31.2 Å². The van der Waals surface area contributed by atoms with Crippen LogP contribution in [0.3, 0.4) is 0 Å². The minimum Gasteiger partial charge on any atom is -0.493 e. The Kier molecular flexibility index (Phi) is 9.80. The number of nitrogens with two attached hydrogens (primary N) is 1. The van der Waals surface area contributed by atoms with Crippen LogP contribution in [-0.2, 0) is 14.3 Å². The number of hydrogen-bond donors (Lipinski definition) is 3. The van der Waals surface area contributed by atoms with E-state index in [0.717, 1.165) is 5.39 Å². The highest BCUT2D eigenvalue weighted by Gasteiger charge is 2.14. The van der Waals surface area contributed by atoms with Gasteiger partial charge in [-0.25, -0.2) is 4.98 Å². The van der Waals surface area contributed by atoms with Crippen molar-refractivity contribution >= 4 is 34.7 Å². The van der Waals surface area contributed by atoms with Gasteiger partial charge in [0.05, 0.1) is 38.8 Å². The van der Waals surface area contributed by atoms with Crippen molar-refractivity contribution < 1.29 is 28.5 Å². The number of allylic oxidation sites excluding steroid dienone is 1. The van der Waals surface area contributed by atoms with E-state index in [1.807, 2.05) is 0 Å². The van der Waals surface area contributed by atoms with Gasteiger partial charge in [0.25, 0.3) is 5.91 Å². The van der Waals surface area contributed by atoms with Gasteiger partial charge in [-0.1, -0.05) is 0 Å². The molecule has 3 rings (SSSR count). The molecule has 0 unspecified atom stereocenters. The number of amides is 2. The largest absolute Gasteiger partial charge is 0.493 e. The zero-order valence-corrected chi connectivity index (χ0v) is 21.6. The van der Waals surface area contributed by atoms with Gasteiger partial charge in [0.1, 0.15) is 23.0 Å². The Bertz CT molecular complexity index is 1340. The maximum atomic E-state index is 12.7. The molecular formula is C26H30N6O6. The number of pyridine rings is 2. The van der Waals surface area contributed by atoms with Crippen LogP contribution in [0.4, 0.5) is 5.82 Å². The van der Waals surface area contributed by atoms with E-state index in [1.165, 1.54) is 12.4 Å². The number of carbonyl (C=O) groups excluding carboxylic acids is 2. The van der Waals surface area contributed by atoms with Crippen molar-refractivity contribution in [1.82, 2.24) is 15.3 Å². The average molecular weight is 523 g/mol. The molecule has 0 spiro atoms. The smallest absolute Gasteiger partial charge is 0.276 e. The monoisotopic (exact) mass is 522 g/mol. The quantitative estimate of drug-likeness (QED) is 0.185. The Morgan fingerprint density at radius 1 is 1.08 bits per heavy atom. The molecule has 0 saturated carbocycles. The van der Waals surface area contributed by atoms with Crippen LogP contribution >= 0.6 is 0 Å². The highest BCUT2D eigenvalue weighted by molar-refractivity contribution is 6.05. The van der Waals surface area contributed by atoms with Gasteiger partial charge in [0.15, 0.2) is 17.3 Å². The molecule has 0 radical (unpaired) electrons. The van der Waals surface area contributed by atoms with E-state index in [0.29, 0.717) is 28.5 Å². The van der Waals surface area contributed by atoms with E-state index in [2.05, 4.69) is 25.6 Å². The summed E-state index contributed by atoms with van der Waals surface area (Å²) in [6, 6.07) is 8.50. The summed E-state index contributed by atoms with van der Waals surface area (Å²) in [5.74, 6) is 1.66. The fourth-order valence-electron chi connectivity index (χ4n) is 3.25. The van der Waals surface area contributed by atoms with Gasteiger partial charge in [0.2, 0.25) is 5.91 Å². The van der Waals surface area contributed by atoms with Gasteiger partial charge >= 0.3 is 0 Å². The number of nitrogens with zero attached hydrogens (tertiary/aromatic N) is 3. The predicted molar refractivity (Wildman–Crippen MR) is 143 cm³/mol. The lowest BCUT2D eigenvalue weighted by atomic mass is 10.2. The Balaban J connectivity index is 1.72. The molecule has 1 aromatic carbocycles. The third-order valence-corrected chi connectivity index (χ3v) is 5.18. The fourth-order valence-corrected chi connectivity index (χ4v) is 3.25. The van der Waals surface area contributed by atoms with Gasteiger partial charge in [0, 0.05) is 37.7 Å². The third-order valence-electron chi connectivity index (χ3n) is 5.18. The maximum absolute atomic E-state index is 12.7. The van der Waals surface area contributed by atoms with Crippen LogP contribution in [0, 0.1) is 0 Å². The number of benzene rings is 1. The molecule has 12 nitrogen and oxygen atoms in total. The minimum absolute atomic E-state index is 0.0958. The van der Waals surface area contributed by atoms with Crippen LogP contribution in [0.2, 0.25) is 0 Å². The molecule has 3 aromatic rings. The summed E-state index contributed by atoms with van der Waals surface area (Å²) < 4.78 is 22.2. The van der Waals surface area contributed by atoms with Crippen molar-refractivity contribution in [3.8, 4) is 23.0 Å². The number of hydrogen-bond acceptors (Lipinski definition) is 10. The first-order valence-electron chi connectivity index (χ1n) is 11.7. The van der Waals surface area contributed by atoms with E-state index in [1.54, 1.807) is 64.7 Å². The minimum atomic E-state index is -0.617. The Morgan fingerprint density at radius 2 is 1.84 bits per heavy atom. The molecular weight excluding hydrogens is 492 g/mol. The highest BCUT2D eigenvalue weighted by atomic mass is 16.5. The summed E-state index contributed by atoms with van der Waals surface area (Å²) in [5.41, 5.74) is 6.48. The summed E-state index contributed by atoms with van der Waals surface area (Å²) in [6.45, 7) is 2.25. The first-order chi connectivity index (χ1) is 18.4. The van der Waals surface area contributed by atoms with E-state index in [9.17, 15) is 9.59 Å². The standard InChI is InChI=1S/C26H30N6O6/c1-5-37-22(15-29-10-9-24(33)28-2)25(27)26(34)32-23-7-6-16(14-31-23)38-19-8-11-30-18-13-21(36-4)20(35-3)12-17(18)19/h6-8,11-15H,5,9-10,27H2,1-4H3,(H,28,33)(H,31,32,34). The number of aliphatic imine (C=N–C) groups is 1. The summed E-state index contributed by atoms with van der Waals surface area (Å²) >= 11 is 0. The topological polar surface area (TPSA) is 159 Å². The van der Waals surface area contributed by atoms with Crippen molar-refractivity contribution in [2.24, 2.45) is 10.7 Å². The first-order valence-corrected chi connectivity index (χ1v) is 11.7. The van der Waals surface area contributed by atoms with Crippen molar-refractivity contribution in [1.29, 1.82) is 0 Å². The second-order valence-electron chi connectivity index (χ2n) is 7.64. The number of rotatable bonds is 12. The molecule has 4 N–H and O–H groups in total. The fraction of sp³-hybridized carbons (Fsp3) is 0.269. The van der Waals surface area contributed by atoms with Crippen LogP contribution < -0.4 is 30.6 Å². The lowest BCUT2D eigenvalue weighted by molar-refractivity contribution is -0.120. The maximum Gasteiger partial charge on any atom is 0.276 e. The van der Waals surface area contributed by atoms with E-state index >= 15 is 0 Å². The molecule has 0 bridgehead atoms. The number of methoxy groups -OCH3 is 2. The molecule has 0 aliphatic rings. The summed E-state index contributed by atoms with van der Waals surface area (Å²) in [7, 11) is 4.65. The number of carbonyl (C=O) groups is 2. The molecule has 0 aliphatic carbocycles. The Labute approximate surface area is 219 Å². The molecule has 200 valence electrons. The molecule has 2 amide bonds. The molecule has 0 fully saturated rings. The third kappa shape index (κ3) is 7.09. The predicted octanol–water partition coefficient (Wildman–Crippen LogP) is 2.79. The summed E-state index contributed by atoms with van der Waals surface area (Å²) in [4.78, 5) is 36.7. The van der Waals surface area contributed by atoms with E-state index in [-0.39, 0.29) is 42.8 Å². The van der Waals surface area contributed by atoms with E-state index < -0.39 is 5.91 Å². The first kappa shape index (κ1) is 27.7. The van der Waals surface area contributed by atoms with E-state index in [4.69, 9.17) is 24.7 Å². The lowest BCUT2D eigenvalue weighted by Gasteiger charge is -2.12. The molecule has 2 aromatic heterocycles. The number of anilines is 1. The summed E-state index contributed by atoms with van der Waals surface area (Å²) in [6.07, 6.45) is 4.62. The number of nitrogens with one attached hydrogen (secondary N) is 2. The SMILES string of the molecule is CCOC(C=NCCC(=O)NC)=C(N)C(=O)Nc1ccc(Oc2ccnc3cc(OC)c(OC)cc23)cn1. The van der Waals surface area contributed by atoms with Crippen LogP contribution in [0.5, 0.6) is 23.0 Å². The Morgan fingerprint density at radius 3 is 2.50 bits per heavy atom. The second kappa shape index (κ2) is 13.4. The van der Waals surface area contributed by atoms with Crippen molar-refractivity contribution in [3.05, 3.63) is 54.2 Å². The van der Waals surface area contributed by atoms with Gasteiger partial charge < -0.3 is 35.3 Å². The molecule has 0 atom stereocenters. The summed E-state index contributed by atoms with van der Waals surface area (Å²) in [5, 5.41) is 5.84. The van der Waals surface area contributed by atoms with Gasteiger partial charge in [-0.15, -0.1) is 0 Å². The molecule has 0 aliphatic heterocycles. The average Bonchev–Trinajstić information content (AvgIpc) is 2.94. The van der Waals surface area contributed by atoms with Gasteiger partial charge in [-0.3, -0.25) is 19.6 Å². The van der Waals surface area contributed by atoms with Crippen LogP contribution in [-0.4, -0.2) is 62.4 Å². The van der Waals surface area contributed by atoms with Crippen LogP contribution in [0.15, 0.2) is 59.2 Å². The zero-order chi connectivity index (χ0) is 27.5. The molecule has 0 saturated heterocycles. The van der Waals surface area contributed by atoms with Crippen molar-refractivity contribution in [3.63, 3.8) is 0 Å².